The summed E-state index contributed by atoms with van der Waals surface area (Å²) in [5, 5.41) is 13.3. The summed E-state index contributed by atoms with van der Waals surface area (Å²) in [6, 6.07) is 11.6. The lowest BCUT2D eigenvalue weighted by Gasteiger charge is -2.11. The molecule has 0 saturated carbocycles. The van der Waals surface area contributed by atoms with Crippen molar-refractivity contribution in [1.82, 2.24) is 0 Å². The van der Waals surface area contributed by atoms with E-state index in [-0.39, 0.29) is 18.8 Å². The Hall–Kier alpha value is -3.22. The molecule has 2 aromatic carbocycles. The fourth-order valence-electron chi connectivity index (χ4n) is 2.61. The van der Waals surface area contributed by atoms with Crippen molar-refractivity contribution in [3.05, 3.63) is 63.7 Å². The van der Waals surface area contributed by atoms with Gasteiger partial charge in [0.25, 0.3) is 0 Å². The van der Waals surface area contributed by atoms with E-state index < -0.39 is 29.3 Å². The van der Waals surface area contributed by atoms with Crippen molar-refractivity contribution in [3.8, 4) is 0 Å². The summed E-state index contributed by atoms with van der Waals surface area (Å²) >= 11 is 0. The molecule has 0 aliphatic heterocycles. The molecule has 0 bridgehead atoms. The van der Waals surface area contributed by atoms with Crippen LogP contribution in [0.5, 0.6) is 0 Å². The lowest BCUT2D eigenvalue weighted by molar-refractivity contribution is -0.509. The molecule has 0 aliphatic rings. The van der Waals surface area contributed by atoms with Gasteiger partial charge in [-0.25, -0.2) is 9.59 Å². The van der Waals surface area contributed by atoms with Gasteiger partial charge in [0.1, 0.15) is 0 Å². The fraction of sp³-hybridized carbons (Fsp3) is 0.300. The number of fused-ring (bicyclic) bond motifs is 1. The third kappa shape index (κ3) is 5.37. The van der Waals surface area contributed by atoms with Gasteiger partial charge in [-0.3, -0.25) is 10.1 Å². The van der Waals surface area contributed by atoms with E-state index in [1.54, 1.807) is 19.9 Å². The van der Waals surface area contributed by atoms with Gasteiger partial charge in [-0.15, -0.1) is 0 Å². The number of carbonyl (C=O) groups excluding carboxylic acids is 2. The van der Waals surface area contributed by atoms with Gasteiger partial charge < -0.3 is 9.47 Å². The Balaban J connectivity index is 2.39. The highest BCUT2D eigenvalue weighted by atomic mass is 16.6. The number of hydrogen-bond acceptors (Lipinski definition) is 6. The van der Waals surface area contributed by atoms with Crippen LogP contribution >= 0.6 is 0 Å². The van der Waals surface area contributed by atoms with Gasteiger partial charge in [0, 0.05) is 10.5 Å². The van der Waals surface area contributed by atoms with Crippen LogP contribution in [-0.4, -0.2) is 36.1 Å². The van der Waals surface area contributed by atoms with E-state index in [1.165, 1.54) is 6.08 Å². The van der Waals surface area contributed by atoms with E-state index in [1.807, 2.05) is 36.4 Å². The van der Waals surface area contributed by atoms with E-state index >= 15 is 0 Å². The quantitative estimate of drug-likeness (QED) is 0.305. The van der Waals surface area contributed by atoms with Crippen molar-refractivity contribution < 1.29 is 24.0 Å². The largest absolute Gasteiger partial charge is 0.463 e. The highest BCUT2D eigenvalue weighted by Crippen LogP contribution is 2.20. The van der Waals surface area contributed by atoms with Crippen LogP contribution in [0.25, 0.3) is 16.8 Å². The molecule has 2 aromatic rings. The predicted octanol–water partition coefficient (Wildman–Crippen LogP) is 3.38. The Kier molecular flexibility index (Phi) is 7.05. The third-order valence-corrected chi connectivity index (χ3v) is 3.88. The first kappa shape index (κ1) is 20.1. The van der Waals surface area contributed by atoms with Crippen LogP contribution in [0.4, 0.5) is 0 Å². The van der Waals surface area contributed by atoms with Crippen molar-refractivity contribution in [1.29, 1.82) is 0 Å². The predicted molar refractivity (Wildman–Crippen MR) is 101 cm³/mol. The van der Waals surface area contributed by atoms with Gasteiger partial charge in [-0.2, -0.15) is 0 Å². The SMILES string of the molecule is CCOC(=O)/C(=C\c1ccc2ccccc2c1)CC(C(=O)OCC)[N+](=O)[O-]. The standard InChI is InChI=1S/C20H21NO6/c1-3-26-19(22)17(13-18(21(24)25)20(23)27-4-2)12-14-9-10-15-7-5-6-8-16(15)11-14/h5-12,18H,3-4,13H2,1-2H3/b17-12-. The Morgan fingerprint density at radius 3 is 2.37 bits per heavy atom. The number of ether oxygens (including phenoxy) is 2. The summed E-state index contributed by atoms with van der Waals surface area (Å²) in [6.07, 6.45) is 1.11. The minimum atomic E-state index is -1.67. The number of nitro groups is 1. The third-order valence-electron chi connectivity index (χ3n) is 3.88. The van der Waals surface area contributed by atoms with Crippen molar-refractivity contribution in [2.75, 3.05) is 13.2 Å². The van der Waals surface area contributed by atoms with Gasteiger partial charge in [-0.05, 0) is 42.3 Å². The zero-order chi connectivity index (χ0) is 19.8. The maximum Gasteiger partial charge on any atom is 0.382 e. The maximum absolute atomic E-state index is 12.3. The molecule has 0 aliphatic carbocycles. The highest BCUT2D eigenvalue weighted by Gasteiger charge is 2.34. The van der Waals surface area contributed by atoms with Crippen molar-refractivity contribution in [2.45, 2.75) is 26.3 Å². The second kappa shape index (κ2) is 9.47. The van der Waals surface area contributed by atoms with Crippen LogP contribution in [-0.2, 0) is 19.1 Å². The normalized spacial score (nSPS) is 12.4. The molecular weight excluding hydrogens is 350 g/mol. The Morgan fingerprint density at radius 1 is 1.07 bits per heavy atom. The molecule has 27 heavy (non-hydrogen) atoms. The molecule has 142 valence electrons. The van der Waals surface area contributed by atoms with Crippen molar-refractivity contribution in [3.63, 3.8) is 0 Å². The monoisotopic (exact) mass is 371 g/mol. The maximum atomic E-state index is 12.3. The Labute approximate surface area is 156 Å². The molecule has 0 spiro atoms. The molecule has 0 aromatic heterocycles. The fourth-order valence-corrected chi connectivity index (χ4v) is 2.61. The van der Waals surface area contributed by atoms with Crippen molar-refractivity contribution in [2.24, 2.45) is 0 Å². The van der Waals surface area contributed by atoms with Crippen LogP contribution in [0.2, 0.25) is 0 Å². The lowest BCUT2D eigenvalue weighted by atomic mass is 10.0. The van der Waals surface area contributed by atoms with Crippen LogP contribution < -0.4 is 0 Å². The van der Waals surface area contributed by atoms with Gasteiger partial charge in [-0.1, -0.05) is 36.4 Å². The van der Waals surface area contributed by atoms with E-state index in [0.29, 0.717) is 5.56 Å². The van der Waals surface area contributed by atoms with Gasteiger partial charge in [0.05, 0.1) is 19.6 Å². The molecule has 1 unspecified atom stereocenters. The van der Waals surface area contributed by atoms with E-state index in [9.17, 15) is 19.7 Å². The van der Waals surface area contributed by atoms with Gasteiger partial charge >= 0.3 is 18.0 Å². The van der Waals surface area contributed by atoms with E-state index in [2.05, 4.69) is 0 Å². The van der Waals surface area contributed by atoms with Crippen LogP contribution in [0.3, 0.4) is 0 Å². The van der Waals surface area contributed by atoms with Crippen LogP contribution in [0.1, 0.15) is 25.8 Å². The molecule has 0 radical (unpaired) electrons. The van der Waals surface area contributed by atoms with Crippen LogP contribution in [0.15, 0.2) is 48.0 Å². The van der Waals surface area contributed by atoms with E-state index in [4.69, 9.17) is 9.47 Å². The lowest BCUT2D eigenvalue weighted by Crippen LogP contribution is -2.33. The number of hydrogen-bond donors (Lipinski definition) is 0. The number of esters is 2. The Morgan fingerprint density at radius 2 is 1.74 bits per heavy atom. The second-order valence-electron chi connectivity index (χ2n) is 5.75. The molecule has 0 amide bonds. The highest BCUT2D eigenvalue weighted by molar-refractivity contribution is 5.95. The average molecular weight is 371 g/mol. The average Bonchev–Trinajstić information content (AvgIpc) is 2.64. The van der Waals surface area contributed by atoms with E-state index in [0.717, 1.165) is 10.8 Å². The van der Waals surface area contributed by atoms with Gasteiger partial charge in [0.15, 0.2) is 0 Å². The summed E-state index contributed by atoms with van der Waals surface area (Å²) in [5.41, 5.74) is 0.726. The number of benzene rings is 2. The first-order valence-corrected chi connectivity index (χ1v) is 8.62. The molecule has 0 saturated heterocycles. The number of nitrogens with zero attached hydrogens (tertiary/aromatic N) is 1. The smallest absolute Gasteiger partial charge is 0.382 e. The summed E-state index contributed by atoms with van der Waals surface area (Å²) in [5.74, 6) is -1.67. The number of carbonyl (C=O) groups is 2. The summed E-state index contributed by atoms with van der Waals surface area (Å²) in [4.78, 5) is 34.7. The molecule has 7 heteroatoms. The van der Waals surface area contributed by atoms with Crippen LogP contribution in [0, 0.1) is 10.1 Å². The molecule has 0 fully saturated rings. The zero-order valence-corrected chi connectivity index (χ0v) is 15.2. The van der Waals surface area contributed by atoms with Gasteiger partial charge in [0.2, 0.25) is 0 Å². The van der Waals surface area contributed by atoms with Crippen molar-refractivity contribution >= 4 is 28.8 Å². The molecule has 1 atom stereocenters. The Bertz CT molecular complexity index is 874. The zero-order valence-electron chi connectivity index (χ0n) is 15.2. The minimum absolute atomic E-state index is 0.0201. The minimum Gasteiger partial charge on any atom is -0.463 e. The summed E-state index contributed by atoms with van der Waals surface area (Å²) < 4.78 is 9.76. The molecule has 0 heterocycles. The molecule has 0 N–H and O–H groups in total. The summed E-state index contributed by atoms with van der Waals surface area (Å²) in [6.45, 7) is 3.34. The second-order valence-corrected chi connectivity index (χ2v) is 5.75. The first-order chi connectivity index (χ1) is 13.0. The molecular formula is C20H21NO6. The molecule has 7 nitrogen and oxygen atoms in total. The topological polar surface area (TPSA) is 95.7 Å². The summed E-state index contributed by atoms with van der Waals surface area (Å²) in [7, 11) is 0. The first-order valence-electron chi connectivity index (χ1n) is 8.62. The number of rotatable bonds is 8. The molecule has 2 rings (SSSR count).